The zero-order valence-electron chi connectivity index (χ0n) is 14.0. The van der Waals surface area contributed by atoms with Crippen LogP contribution in [-0.2, 0) is 4.79 Å². The third-order valence-corrected chi connectivity index (χ3v) is 5.31. The molecule has 2 rings (SSSR count). The summed E-state index contributed by atoms with van der Waals surface area (Å²) in [5, 5.41) is 13.9. The minimum Gasteiger partial charge on any atom is -0.389 e. The minimum atomic E-state index is -0.633. The molecular formula is C17H32N2O2. The number of amides is 1. The topological polar surface area (TPSA) is 52.6 Å². The van der Waals surface area contributed by atoms with Crippen molar-refractivity contribution in [1.29, 1.82) is 0 Å². The second kappa shape index (κ2) is 6.66. The minimum absolute atomic E-state index is 0.189. The number of hydrogen-bond acceptors (Lipinski definition) is 3. The lowest BCUT2D eigenvalue weighted by molar-refractivity contribution is -0.134. The summed E-state index contributed by atoms with van der Waals surface area (Å²) in [6.07, 6.45) is 7.25. The summed E-state index contributed by atoms with van der Waals surface area (Å²) in [4.78, 5) is 14.3. The molecular weight excluding hydrogens is 264 g/mol. The average Bonchev–Trinajstić information content (AvgIpc) is 2.49. The number of hydrogen-bond donors (Lipinski definition) is 2. The molecule has 0 aromatic rings. The number of carbonyl (C=O) groups is 1. The molecule has 2 N–H and O–H groups in total. The van der Waals surface area contributed by atoms with E-state index >= 15 is 0 Å². The van der Waals surface area contributed by atoms with Crippen molar-refractivity contribution in [1.82, 2.24) is 10.2 Å². The first-order valence-electron chi connectivity index (χ1n) is 8.56. The number of likely N-dealkylation sites (tertiary alicyclic amines) is 1. The van der Waals surface area contributed by atoms with Crippen LogP contribution >= 0.6 is 0 Å². The van der Waals surface area contributed by atoms with Gasteiger partial charge in [0.1, 0.15) is 0 Å². The van der Waals surface area contributed by atoms with E-state index in [1.807, 2.05) is 11.8 Å². The Kier molecular flexibility index (Phi) is 5.31. The Bertz CT molecular complexity index is 352. The molecule has 0 aromatic carbocycles. The van der Waals surface area contributed by atoms with Gasteiger partial charge in [-0.15, -0.1) is 0 Å². The summed E-state index contributed by atoms with van der Waals surface area (Å²) in [6.45, 7) is 8.77. The van der Waals surface area contributed by atoms with Gasteiger partial charge < -0.3 is 15.3 Å². The highest BCUT2D eigenvalue weighted by Crippen LogP contribution is 2.39. The highest BCUT2D eigenvalue weighted by Gasteiger charge is 2.37. The molecule has 1 aliphatic heterocycles. The fourth-order valence-corrected chi connectivity index (χ4v) is 3.39. The van der Waals surface area contributed by atoms with E-state index in [0.29, 0.717) is 12.0 Å². The van der Waals surface area contributed by atoms with Crippen LogP contribution in [0, 0.1) is 5.41 Å². The van der Waals surface area contributed by atoms with Gasteiger partial charge in [-0.2, -0.15) is 0 Å². The Morgan fingerprint density at radius 1 is 1.14 bits per heavy atom. The van der Waals surface area contributed by atoms with Crippen molar-refractivity contribution in [3.63, 3.8) is 0 Å². The van der Waals surface area contributed by atoms with Gasteiger partial charge in [-0.1, -0.05) is 13.8 Å². The van der Waals surface area contributed by atoms with E-state index in [9.17, 15) is 9.90 Å². The fraction of sp³-hybridized carbons (Fsp3) is 0.941. The summed E-state index contributed by atoms with van der Waals surface area (Å²) >= 11 is 0. The molecule has 1 heterocycles. The van der Waals surface area contributed by atoms with Crippen LogP contribution in [0.1, 0.15) is 65.7 Å². The van der Waals surface area contributed by atoms with Gasteiger partial charge >= 0.3 is 0 Å². The molecule has 0 spiro atoms. The zero-order valence-corrected chi connectivity index (χ0v) is 14.0. The Morgan fingerprint density at radius 2 is 1.71 bits per heavy atom. The average molecular weight is 296 g/mol. The molecule has 21 heavy (non-hydrogen) atoms. The molecule has 0 radical (unpaired) electrons. The molecule has 1 unspecified atom stereocenters. The van der Waals surface area contributed by atoms with Crippen molar-refractivity contribution in [2.75, 3.05) is 19.6 Å². The van der Waals surface area contributed by atoms with Crippen molar-refractivity contribution < 1.29 is 9.90 Å². The van der Waals surface area contributed by atoms with Crippen molar-refractivity contribution in [3.05, 3.63) is 0 Å². The third-order valence-electron chi connectivity index (χ3n) is 5.31. The Morgan fingerprint density at radius 3 is 2.29 bits per heavy atom. The van der Waals surface area contributed by atoms with Crippen LogP contribution in [0.4, 0.5) is 0 Å². The Labute approximate surface area is 129 Å². The monoisotopic (exact) mass is 296 g/mol. The molecule has 122 valence electrons. The summed E-state index contributed by atoms with van der Waals surface area (Å²) < 4.78 is 0. The van der Waals surface area contributed by atoms with Gasteiger partial charge in [0.15, 0.2) is 0 Å². The molecule has 1 amide bonds. The van der Waals surface area contributed by atoms with Crippen LogP contribution in [-0.4, -0.2) is 47.2 Å². The quantitative estimate of drug-likeness (QED) is 0.837. The SMILES string of the molecule is CC(NCC1(O)CCC(C)(C)CC1)C(=O)N1CCCCC1. The van der Waals surface area contributed by atoms with Crippen LogP contribution in [0.3, 0.4) is 0 Å². The lowest BCUT2D eigenvalue weighted by atomic mass is 9.71. The van der Waals surface area contributed by atoms with Gasteiger partial charge in [-0.25, -0.2) is 0 Å². The molecule has 1 atom stereocenters. The van der Waals surface area contributed by atoms with Crippen LogP contribution in [0.15, 0.2) is 0 Å². The molecule has 1 aliphatic carbocycles. The summed E-state index contributed by atoms with van der Waals surface area (Å²) in [7, 11) is 0. The molecule has 0 aromatic heterocycles. The number of nitrogens with one attached hydrogen (secondary N) is 1. The largest absolute Gasteiger partial charge is 0.389 e. The van der Waals surface area contributed by atoms with Crippen LogP contribution < -0.4 is 5.32 Å². The third kappa shape index (κ3) is 4.68. The van der Waals surface area contributed by atoms with E-state index < -0.39 is 5.60 Å². The highest BCUT2D eigenvalue weighted by molar-refractivity contribution is 5.81. The number of carbonyl (C=O) groups excluding carboxylic acids is 1. The zero-order chi connectivity index (χ0) is 15.5. The number of aliphatic hydroxyl groups is 1. The van der Waals surface area contributed by atoms with E-state index in [1.54, 1.807) is 0 Å². The smallest absolute Gasteiger partial charge is 0.239 e. The first-order valence-corrected chi connectivity index (χ1v) is 8.56. The Balaban J connectivity index is 1.77. The highest BCUT2D eigenvalue weighted by atomic mass is 16.3. The van der Waals surface area contributed by atoms with Crippen molar-refractivity contribution in [2.24, 2.45) is 5.41 Å². The van der Waals surface area contributed by atoms with E-state index in [4.69, 9.17) is 0 Å². The van der Waals surface area contributed by atoms with E-state index in [1.165, 1.54) is 6.42 Å². The lowest BCUT2D eigenvalue weighted by Gasteiger charge is -2.41. The second-order valence-electron chi connectivity index (χ2n) is 7.88. The molecule has 2 aliphatic rings. The normalized spacial score (nSPS) is 26.4. The maximum Gasteiger partial charge on any atom is 0.239 e. The molecule has 4 nitrogen and oxygen atoms in total. The van der Waals surface area contributed by atoms with Gasteiger partial charge in [0.05, 0.1) is 11.6 Å². The maximum absolute atomic E-state index is 12.4. The first-order chi connectivity index (χ1) is 9.81. The fourth-order valence-electron chi connectivity index (χ4n) is 3.39. The second-order valence-corrected chi connectivity index (χ2v) is 7.88. The predicted molar refractivity (Wildman–Crippen MR) is 85.1 cm³/mol. The van der Waals surface area contributed by atoms with Gasteiger partial charge in [-0.3, -0.25) is 4.79 Å². The Hall–Kier alpha value is -0.610. The van der Waals surface area contributed by atoms with Gasteiger partial charge in [0, 0.05) is 19.6 Å². The lowest BCUT2D eigenvalue weighted by Crippen LogP contribution is -2.52. The molecule has 0 bridgehead atoms. The maximum atomic E-state index is 12.4. The van der Waals surface area contributed by atoms with Crippen LogP contribution in [0.2, 0.25) is 0 Å². The van der Waals surface area contributed by atoms with Crippen LogP contribution in [0.5, 0.6) is 0 Å². The molecule has 1 saturated carbocycles. The summed E-state index contributed by atoms with van der Waals surface area (Å²) in [5.41, 5.74) is -0.284. The van der Waals surface area contributed by atoms with E-state index in [0.717, 1.165) is 51.6 Å². The van der Waals surface area contributed by atoms with Gasteiger partial charge in [0.25, 0.3) is 0 Å². The van der Waals surface area contributed by atoms with Crippen molar-refractivity contribution in [3.8, 4) is 0 Å². The molecule has 2 fully saturated rings. The van der Waals surface area contributed by atoms with Crippen LogP contribution in [0.25, 0.3) is 0 Å². The number of rotatable bonds is 4. The molecule has 4 heteroatoms. The standard InChI is InChI=1S/C17H32N2O2/c1-14(15(20)19-11-5-4-6-12-19)18-13-17(21)9-7-16(2,3)8-10-17/h14,18,21H,4-13H2,1-3H3. The predicted octanol–water partition coefficient (Wildman–Crippen LogP) is 2.31. The van der Waals surface area contributed by atoms with Crippen molar-refractivity contribution in [2.45, 2.75) is 77.4 Å². The molecule has 1 saturated heterocycles. The van der Waals surface area contributed by atoms with Gasteiger partial charge in [0.2, 0.25) is 5.91 Å². The number of piperidine rings is 1. The number of nitrogens with zero attached hydrogens (tertiary/aromatic N) is 1. The van der Waals surface area contributed by atoms with E-state index in [2.05, 4.69) is 19.2 Å². The summed E-state index contributed by atoms with van der Waals surface area (Å²) in [6, 6.07) is -0.193. The van der Waals surface area contributed by atoms with E-state index in [-0.39, 0.29) is 11.9 Å². The van der Waals surface area contributed by atoms with Gasteiger partial charge in [-0.05, 0) is 57.3 Å². The summed E-state index contributed by atoms with van der Waals surface area (Å²) in [5.74, 6) is 0.189. The first kappa shape index (κ1) is 16.8. The van der Waals surface area contributed by atoms with Crippen molar-refractivity contribution >= 4 is 5.91 Å².